The summed E-state index contributed by atoms with van der Waals surface area (Å²) in [6.45, 7) is 8.19. The van der Waals surface area contributed by atoms with Gasteiger partial charge in [-0.3, -0.25) is 9.78 Å². The summed E-state index contributed by atoms with van der Waals surface area (Å²) in [7, 11) is 1.76. The van der Waals surface area contributed by atoms with Crippen LogP contribution in [0.4, 0.5) is 11.6 Å². The Morgan fingerprint density at radius 1 is 0.970 bits per heavy atom. The molecule has 1 fully saturated rings. The normalized spacial score (nSPS) is 13.8. The van der Waals surface area contributed by atoms with Crippen LogP contribution in [0.2, 0.25) is 0 Å². The van der Waals surface area contributed by atoms with Gasteiger partial charge in [-0.15, -0.1) is 0 Å². The number of benzene rings is 1. The fourth-order valence-electron chi connectivity index (χ4n) is 4.16. The summed E-state index contributed by atoms with van der Waals surface area (Å²) in [4.78, 5) is 31.8. The predicted octanol–water partition coefficient (Wildman–Crippen LogP) is 2.40. The quantitative estimate of drug-likeness (QED) is 0.623. The first-order valence-electron chi connectivity index (χ1n) is 11.2. The number of hydrogen-bond donors (Lipinski definition) is 1. The molecule has 33 heavy (non-hydrogen) atoms. The zero-order chi connectivity index (χ0) is 23.4. The second-order valence-electron chi connectivity index (χ2n) is 8.51. The van der Waals surface area contributed by atoms with Crippen molar-refractivity contribution in [1.29, 1.82) is 0 Å². The van der Waals surface area contributed by atoms with Gasteiger partial charge in [-0.05, 0) is 43.2 Å². The molecule has 4 rings (SSSR count). The minimum atomic E-state index is -0.0811. The number of carbonyl (C=O) groups is 1. The van der Waals surface area contributed by atoms with Crippen LogP contribution in [0.5, 0.6) is 0 Å². The molecule has 3 heterocycles. The van der Waals surface area contributed by atoms with E-state index >= 15 is 0 Å². The number of hydrogen-bond acceptors (Lipinski definition) is 7. The molecule has 1 saturated heterocycles. The number of nitrogens with zero attached hydrogens (tertiary/aromatic N) is 6. The molecule has 2 N–H and O–H groups in total. The molecule has 1 aromatic carbocycles. The molecular weight excluding hydrogens is 414 g/mol. The lowest BCUT2D eigenvalue weighted by atomic mass is 10.1. The number of aromatic nitrogens is 3. The molecule has 0 bridgehead atoms. The lowest BCUT2D eigenvalue weighted by Gasteiger charge is -2.36. The highest BCUT2D eigenvalue weighted by Gasteiger charge is 2.20. The maximum Gasteiger partial charge on any atom is 0.236 e. The van der Waals surface area contributed by atoms with Crippen LogP contribution in [0.1, 0.15) is 17.0 Å². The number of carbonyl (C=O) groups excluding carboxylic acids is 1. The van der Waals surface area contributed by atoms with E-state index in [0.717, 1.165) is 60.2 Å². The van der Waals surface area contributed by atoms with Crippen LogP contribution in [0, 0.1) is 13.8 Å². The molecule has 1 aliphatic rings. The third kappa shape index (κ3) is 5.46. The van der Waals surface area contributed by atoms with Crippen molar-refractivity contribution >= 4 is 17.5 Å². The molecule has 8 nitrogen and oxygen atoms in total. The van der Waals surface area contributed by atoms with Crippen molar-refractivity contribution in [3.05, 3.63) is 65.7 Å². The van der Waals surface area contributed by atoms with Gasteiger partial charge in [-0.2, -0.15) is 0 Å². The van der Waals surface area contributed by atoms with Crippen molar-refractivity contribution in [2.45, 2.75) is 20.4 Å². The number of nitrogens with two attached hydrogens (primary N) is 1. The van der Waals surface area contributed by atoms with Crippen molar-refractivity contribution in [1.82, 2.24) is 19.9 Å². The number of piperazine rings is 1. The fraction of sp³-hybridized carbons (Fsp3) is 0.360. The highest BCUT2D eigenvalue weighted by Crippen LogP contribution is 2.23. The number of anilines is 2. The minimum absolute atomic E-state index is 0.0155. The number of pyridine rings is 1. The molecule has 8 heteroatoms. The summed E-state index contributed by atoms with van der Waals surface area (Å²) in [5.41, 5.74) is 11.8. The Labute approximate surface area is 195 Å². The minimum Gasteiger partial charge on any atom is -0.368 e. The number of likely N-dealkylation sites (N-methyl/N-ethyl adjacent to an activating group) is 1. The number of amides is 1. The van der Waals surface area contributed by atoms with E-state index in [9.17, 15) is 4.79 Å². The van der Waals surface area contributed by atoms with Gasteiger partial charge in [0.1, 0.15) is 0 Å². The summed E-state index contributed by atoms with van der Waals surface area (Å²) in [6.07, 6.45) is 3.75. The van der Waals surface area contributed by atoms with Crippen molar-refractivity contribution in [3.8, 4) is 11.1 Å². The van der Waals surface area contributed by atoms with Gasteiger partial charge in [-0.25, -0.2) is 9.97 Å². The molecule has 3 aromatic rings. The van der Waals surface area contributed by atoms with E-state index in [1.165, 1.54) is 5.69 Å². The van der Waals surface area contributed by atoms with Crippen molar-refractivity contribution in [3.63, 3.8) is 0 Å². The largest absolute Gasteiger partial charge is 0.368 e. The Morgan fingerprint density at radius 2 is 1.61 bits per heavy atom. The van der Waals surface area contributed by atoms with E-state index < -0.39 is 0 Å². The second kappa shape index (κ2) is 9.95. The third-order valence-corrected chi connectivity index (χ3v) is 5.91. The zero-order valence-electron chi connectivity index (χ0n) is 19.5. The molecule has 1 amide bonds. The summed E-state index contributed by atoms with van der Waals surface area (Å²) >= 11 is 0. The van der Waals surface area contributed by atoms with E-state index in [1.54, 1.807) is 11.9 Å². The summed E-state index contributed by atoms with van der Waals surface area (Å²) in [5.74, 6) is 0.673. The molecule has 1 aliphatic heterocycles. The number of rotatable bonds is 6. The Hall–Kier alpha value is -3.52. The van der Waals surface area contributed by atoms with Gasteiger partial charge in [-0.1, -0.05) is 18.2 Å². The van der Waals surface area contributed by atoms with Gasteiger partial charge in [0.2, 0.25) is 11.9 Å². The van der Waals surface area contributed by atoms with Crippen molar-refractivity contribution in [2.75, 3.05) is 49.6 Å². The van der Waals surface area contributed by atoms with Gasteiger partial charge in [0.05, 0.1) is 6.54 Å². The standard InChI is InChI=1S/C25H31N7O/c1-18-11-23(12-19(2)29-18)31-7-9-32(10-8-31)25-27-15-22(16-28-25)21-6-4-5-20(13-21)17-30(3)24(33)14-26/h4-6,11-13,15-16H,7-10,14,17,26H2,1-3H3. The highest BCUT2D eigenvalue weighted by molar-refractivity contribution is 5.77. The second-order valence-corrected chi connectivity index (χ2v) is 8.51. The van der Waals surface area contributed by atoms with Crippen LogP contribution in [-0.2, 0) is 11.3 Å². The molecule has 0 radical (unpaired) electrons. The van der Waals surface area contributed by atoms with Crippen molar-refractivity contribution < 1.29 is 4.79 Å². The van der Waals surface area contributed by atoms with E-state index in [4.69, 9.17) is 5.73 Å². The fourth-order valence-corrected chi connectivity index (χ4v) is 4.16. The van der Waals surface area contributed by atoms with E-state index in [2.05, 4.69) is 43.0 Å². The van der Waals surface area contributed by atoms with Gasteiger partial charge in [0.25, 0.3) is 0 Å². The van der Waals surface area contributed by atoms with Crippen molar-refractivity contribution in [2.24, 2.45) is 5.73 Å². The average Bonchev–Trinajstić information content (AvgIpc) is 2.83. The molecule has 0 spiro atoms. The van der Waals surface area contributed by atoms with Crippen LogP contribution in [0.15, 0.2) is 48.8 Å². The maximum absolute atomic E-state index is 11.8. The molecular formula is C25H31N7O. The maximum atomic E-state index is 11.8. The Balaban J connectivity index is 1.40. The van der Waals surface area contributed by atoms with Crippen LogP contribution in [0.25, 0.3) is 11.1 Å². The lowest BCUT2D eigenvalue weighted by Crippen LogP contribution is -2.47. The molecule has 0 atom stereocenters. The topological polar surface area (TPSA) is 91.5 Å². The Morgan fingerprint density at radius 3 is 2.24 bits per heavy atom. The zero-order valence-corrected chi connectivity index (χ0v) is 19.5. The van der Waals surface area contributed by atoms with Gasteiger partial charge in [0, 0.05) is 74.8 Å². The summed E-state index contributed by atoms with van der Waals surface area (Å²) < 4.78 is 0. The van der Waals surface area contributed by atoms with Gasteiger partial charge in [0.15, 0.2) is 0 Å². The van der Waals surface area contributed by atoms with E-state index in [-0.39, 0.29) is 12.5 Å². The molecule has 0 aliphatic carbocycles. The van der Waals surface area contributed by atoms with Crippen LogP contribution in [0.3, 0.4) is 0 Å². The van der Waals surface area contributed by atoms with E-state index in [1.807, 2.05) is 44.4 Å². The monoisotopic (exact) mass is 445 g/mol. The SMILES string of the molecule is Cc1cc(N2CCN(c3ncc(-c4cccc(CN(C)C(=O)CN)c4)cn3)CC2)cc(C)n1. The first kappa shape index (κ1) is 22.7. The van der Waals surface area contributed by atoms with Crippen LogP contribution >= 0.6 is 0 Å². The van der Waals surface area contributed by atoms with Gasteiger partial charge < -0.3 is 20.4 Å². The Bertz CT molecular complexity index is 1090. The Kier molecular flexibility index (Phi) is 6.84. The lowest BCUT2D eigenvalue weighted by molar-refractivity contribution is -0.128. The van der Waals surface area contributed by atoms with Crippen LogP contribution < -0.4 is 15.5 Å². The van der Waals surface area contributed by atoms with Crippen LogP contribution in [-0.4, -0.2) is 65.5 Å². The number of aryl methyl sites for hydroxylation is 2. The summed E-state index contributed by atoms with van der Waals surface area (Å²) in [6, 6.07) is 12.4. The molecule has 0 unspecified atom stereocenters. The predicted molar refractivity (Wildman–Crippen MR) is 131 cm³/mol. The molecule has 172 valence electrons. The van der Waals surface area contributed by atoms with E-state index in [0.29, 0.717) is 6.54 Å². The smallest absolute Gasteiger partial charge is 0.236 e. The highest BCUT2D eigenvalue weighted by atomic mass is 16.2. The van der Waals surface area contributed by atoms with Gasteiger partial charge >= 0.3 is 0 Å². The third-order valence-electron chi connectivity index (χ3n) is 5.91. The first-order chi connectivity index (χ1) is 15.9. The molecule has 0 saturated carbocycles. The first-order valence-corrected chi connectivity index (χ1v) is 11.2. The average molecular weight is 446 g/mol. The summed E-state index contributed by atoms with van der Waals surface area (Å²) in [5, 5.41) is 0. The molecule has 2 aromatic heterocycles.